The standard InChI is InChI=1S/C24H28N4O6S2/c1-5-32-18-12-15(13-19(33-6-2)21(18)34-7-3)22(30)26-23-27-28-24(36-23)35-14-20(29)25-16-10-8-9-11-17(16)31-4/h8-13H,5-7,14H2,1-4H3,(H,25,29)(H,26,27,30). The van der Waals surface area contributed by atoms with Gasteiger partial charge in [-0.2, -0.15) is 0 Å². The van der Waals surface area contributed by atoms with Crippen molar-refractivity contribution in [3.63, 3.8) is 0 Å². The van der Waals surface area contributed by atoms with Crippen molar-refractivity contribution in [3.8, 4) is 23.0 Å². The summed E-state index contributed by atoms with van der Waals surface area (Å²) in [6.45, 7) is 6.78. The molecular weight excluding hydrogens is 504 g/mol. The number of nitrogens with zero attached hydrogens (tertiary/aromatic N) is 2. The highest BCUT2D eigenvalue weighted by atomic mass is 32.2. The van der Waals surface area contributed by atoms with Crippen LogP contribution in [-0.2, 0) is 4.79 Å². The van der Waals surface area contributed by atoms with Crippen molar-refractivity contribution in [2.45, 2.75) is 25.1 Å². The molecule has 0 unspecified atom stereocenters. The van der Waals surface area contributed by atoms with E-state index in [0.717, 1.165) is 0 Å². The molecule has 2 aromatic carbocycles. The summed E-state index contributed by atoms with van der Waals surface area (Å²) in [4.78, 5) is 25.3. The number of thioether (sulfide) groups is 1. The molecule has 0 bridgehead atoms. The lowest BCUT2D eigenvalue weighted by molar-refractivity contribution is -0.113. The van der Waals surface area contributed by atoms with Crippen LogP contribution in [0.1, 0.15) is 31.1 Å². The maximum absolute atomic E-state index is 12.9. The zero-order chi connectivity index (χ0) is 25.9. The first-order chi connectivity index (χ1) is 17.5. The molecular formula is C24H28N4O6S2. The number of para-hydroxylation sites is 2. The van der Waals surface area contributed by atoms with Crippen molar-refractivity contribution in [1.82, 2.24) is 10.2 Å². The predicted octanol–water partition coefficient (Wildman–Crippen LogP) is 4.73. The summed E-state index contributed by atoms with van der Waals surface area (Å²) in [5.74, 6) is 1.38. The van der Waals surface area contributed by atoms with Gasteiger partial charge in [-0.15, -0.1) is 10.2 Å². The summed E-state index contributed by atoms with van der Waals surface area (Å²) in [6, 6.07) is 10.4. The van der Waals surface area contributed by atoms with E-state index < -0.39 is 5.91 Å². The molecule has 0 aliphatic heterocycles. The van der Waals surface area contributed by atoms with E-state index in [-0.39, 0.29) is 11.7 Å². The third-order valence-corrected chi connectivity index (χ3v) is 6.48. The molecule has 2 amide bonds. The van der Waals surface area contributed by atoms with Gasteiger partial charge in [-0.3, -0.25) is 14.9 Å². The van der Waals surface area contributed by atoms with Gasteiger partial charge in [-0.05, 0) is 45.0 Å². The summed E-state index contributed by atoms with van der Waals surface area (Å²) in [5.41, 5.74) is 0.912. The lowest BCUT2D eigenvalue weighted by atomic mass is 10.1. The number of carbonyl (C=O) groups is 2. The number of rotatable bonds is 13. The summed E-state index contributed by atoms with van der Waals surface area (Å²) in [6.07, 6.45) is 0. The van der Waals surface area contributed by atoms with E-state index in [1.807, 2.05) is 32.9 Å². The predicted molar refractivity (Wildman–Crippen MR) is 140 cm³/mol. The van der Waals surface area contributed by atoms with Gasteiger partial charge in [0.2, 0.25) is 16.8 Å². The summed E-state index contributed by atoms with van der Waals surface area (Å²) in [7, 11) is 1.54. The first-order valence-corrected chi connectivity index (χ1v) is 13.1. The molecule has 3 rings (SSSR count). The van der Waals surface area contributed by atoms with Crippen molar-refractivity contribution in [1.29, 1.82) is 0 Å². The molecule has 1 heterocycles. The fraction of sp³-hybridized carbons (Fsp3) is 0.333. The monoisotopic (exact) mass is 532 g/mol. The second kappa shape index (κ2) is 13.5. The topological polar surface area (TPSA) is 121 Å². The van der Waals surface area contributed by atoms with Gasteiger partial charge in [-0.1, -0.05) is 35.2 Å². The van der Waals surface area contributed by atoms with E-state index >= 15 is 0 Å². The molecule has 3 aromatic rings. The molecule has 0 aliphatic carbocycles. The number of hydrogen-bond acceptors (Lipinski definition) is 10. The molecule has 1 aromatic heterocycles. The van der Waals surface area contributed by atoms with Crippen LogP contribution in [-0.4, -0.2) is 54.7 Å². The van der Waals surface area contributed by atoms with Gasteiger partial charge in [0.1, 0.15) is 5.75 Å². The van der Waals surface area contributed by atoms with E-state index in [1.165, 1.54) is 23.1 Å². The molecule has 12 heteroatoms. The smallest absolute Gasteiger partial charge is 0.257 e. The van der Waals surface area contributed by atoms with Crippen molar-refractivity contribution in [2.24, 2.45) is 0 Å². The highest BCUT2D eigenvalue weighted by Gasteiger charge is 2.19. The van der Waals surface area contributed by atoms with Crippen LogP contribution in [0.4, 0.5) is 10.8 Å². The quantitative estimate of drug-likeness (QED) is 0.238. The number of nitrogens with one attached hydrogen (secondary N) is 2. The number of carbonyl (C=O) groups excluding carboxylic acids is 2. The molecule has 192 valence electrons. The Morgan fingerprint density at radius 2 is 1.58 bits per heavy atom. The first-order valence-electron chi connectivity index (χ1n) is 11.3. The maximum atomic E-state index is 12.9. The highest BCUT2D eigenvalue weighted by Crippen LogP contribution is 2.39. The number of anilines is 2. The van der Waals surface area contributed by atoms with Crippen molar-refractivity contribution >= 4 is 45.7 Å². The third kappa shape index (κ3) is 7.25. The maximum Gasteiger partial charge on any atom is 0.257 e. The summed E-state index contributed by atoms with van der Waals surface area (Å²) >= 11 is 2.38. The van der Waals surface area contributed by atoms with Gasteiger partial charge in [0.05, 0.1) is 38.4 Å². The second-order valence-electron chi connectivity index (χ2n) is 6.97. The van der Waals surface area contributed by atoms with E-state index in [1.54, 1.807) is 31.4 Å². The fourth-order valence-corrected chi connectivity index (χ4v) is 4.62. The van der Waals surface area contributed by atoms with Gasteiger partial charge in [-0.25, -0.2) is 0 Å². The first kappa shape index (κ1) is 27.1. The molecule has 0 spiro atoms. The minimum Gasteiger partial charge on any atom is -0.495 e. The molecule has 0 saturated carbocycles. The number of benzene rings is 2. The second-order valence-corrected chi connectivity index (χ2v) is 9.17. The van der Waals surface area contributed by atoms with Crippen LogP contribution < -0.4 is 29.6 Å². The number of amides is 2. The largest absolute Gasteiger partial charge is 0.495 e. The average Bonchev–Trinajstić information content (AvgIpc) is 3.32. The molecule has 2 N–H and O–H groups in total. The zero-order valence-corrected chi connectivity index (χ0v) is 22.1. The normalized spacial score (nSPS) is 10.4. The van der Waals surface area contributed by atoms with Gasteiger partial charge in [0.15, 0.2) is 15.8 Å². The van der Waals surface area contributed by atoms with Gasteiger partial charge in [0.25, 0.3) is 5.91 Å². The average molecular weight is 533 g/mol. The Balaban J connectivity index is 1.64. The number of ether oxygens (including phenoxy) is 4. The zero-order valence-electron chi connectivity index (χ0n) is 20.5. The van der Waals surface area contributed by atoms with Crippen LogP contribution in [0.15, 0.2) is 40.7 Å². The van der Waals surface area contributed by atoms with Crippen LogP contribution in [0.3, 0.4) is 0 Å². The Morgan fingerprint density at radius 1 is 0.917 bits per heavy atom. The van der Waals surface area contributed by atoms with Crippen LogP contribution in [0.5, 0.6) is 23.0 Å². The van der Waals surface area contributed by atoms with E-state index in [0.29, 0.717) is 63.5 Å². The van der Waals surface area contributed by atoms with Crippen LogP contribution >= 0.6 is 23.1 Å². The number of hydrogen-bond donors (Lipinski definition) is 2. The molecule has 0 atom stereocenters. The minimum atomic E-state index is -0.401. The highest BCUT2D eigenvalue weighted by molar-refractivity contribution is 8.01. The van der Waals surface area contributed by atoms with Gasteiger partial charge < -0.3 is 24.3 Å². The number of aromatic nitrogens is 2. The lowest BCUT2D eigenvalue weighted by Crippen LogP contribution is -2.14. The van der Waals surface area contributed by atoms with Crippen LogP contribution in [0.2, 0.25) is 0 Å². The Morgan fingerprint density at radius 3 is 2.22 bits per heavy atom. The van der Waals surface area contributed by atoms with E-state index in [9.17, 15) is 9.59 Å². The van der Waals surface area contributed by atoms with Crippen LogP contribution in [0, 0.1) is 0 Å². The summed E-state index contributed by atoms with van der Waals surface area (Å²) < 4.78 is 22.8. The van der Waals surface area contributed by atoms with Crippen molar-refractivity contribution in [2.75, 3.05) is 43.3 Å². The molecule has 36 heavy (non-hydrogen) atoms. The van der Waals surface area contributed by atoms with Crippen molar-refractivity contribution < 1.29 is 28.5 Å². The minimum absolute atomic E-state index is 0.120. The van der Waals surface area contributed by atoms with E-state index in [4.69, 9.17) is 18.9 Å². The van der Waals surface area contributed by atoms with Crippen molar-refractivity contribution in [3.05, 3.63) is 42.0 Å². The third-order valence-electron chi connectivity index (χ3n) is 4.51. The fourth-order valence-electron chi connectivity index (χ4n) is 3.07. The van der Waals surface area contributed by atoms with Gasteiger partial charge >= 0.3 is 0 Å². The number of methoxy groups -OCH3 is 1. The Bertz CT molecular complexity index is 1160. The SMILES string of the molecule is CCOc1cc(C(=O)Nc2nnc(SCC(=O)Nc3ccccc3OC)s2)cc(OCC)c1OCC. The van der Waals surface area contributed by atoms with E-state index in [2.05, 4.69) is 20.8 Å². The van der Waals surface area contributed by atoms with Crippen LogP contribution in [0.25, 0.3) is 0 Å². The van der Waals surface area contributed by atoms with Gasteiger partial charge in [0, 0.05) is 5.56 Å². The molecule has 0 fully saturated rings. The molecule has 0 saturated heterocycles. The Labute approximate surface area is 217 Å². The lowest BCUT2D eigenvalue weighted by Gasteiger charge is -2.16. The Kier molecular flexibility index (Phi) is 10.2. The summed E-state index contributed by atoms with van der Waals surface area (Å²) in [5, 5.41) is 13.9. The molecule has 10 nitrogen and oxygen atoms in total. The Hall–Kier alpha value is -3.51. The molecule has 0 aliphatic rings. The molecule has 0 radical (unpaired) electrons.